The highest BCUT2D eigenvalue weighted by Crippen LogP contribution is 2.65. The molecule has 2 aliphatic heterocycles. The van der Waals surface area contributed by atoms with E-state index in [1.165, 1.54) is 97.1 Å². The largest absolute Gasteiger partial charge is 0.247 e. The van der Waals surface area contributed by atoms with Crippen LogP contribution >= 0.6 is 23.5 Å². The molecule has 6 nitrogen and oxygen atoms in total. The second-order valence-corrected chi connectivity index (χ2v) is 34.3. The molecule has 2 spiro atoms. The van der Waals surface area contributed by atoms with Gasteiger partial charge in [-0.1, -0.05) is 369 Å². The van der Waals surface area contributed by atoms with Crippen LogP contribution in [-0.2, 0) is 10.8 Å². The van der Waals surface area contributed by atoms with Gasteiger partial charge in [0, 0.05) is 90.7 Å². The molecule has 122 heavy (non-hydrogen) atoms. The van der Waals surface area contributed by atoms with E-state index in [4.69, 9.17) is 29.9 Å². The lowest BCUT2D eigenvalue weighted by Gasteiger charge is -2.40. The normalized spacial score (nSPS) is 13.3. The SMILES string of the molecule is c1ccc(-c2ccc3ccc4ccc(-c5ccc6c(c5)nc(-c5ccccc5)c5cc7c(cc56)C5(c6ccccc6S7)c6ccccc6-c6ccccc65)nc4c3n2)cc1.c1ccc(-c2nc(-c3ccc(-c4ccc5c(c4)nc(-c4ccccc4)c4cc6c(cc45)C4(c5ccccc5S6)c5ccccc5-c5ccccc54)cc3)c3ccccc3n2)cc1. The Morgan fingerprint density at radius 3 is 1.03 bits per heavy atom. The van der Waals surface area contributed by atoms with Gasteiger partial charge in [-0.05, 0) is 155 Å². The first-order valence-corrected chi connectivity index (χ1v) is 43.2. The molecule has 4 aliphatic rings. The molecule has 7 heterocycles. The van der Waals surface area contributed by atoms with Crippen LogP contribution in [0.4, 0.5) is 0 Å². The molecule has 8 heteroatoms. The third kappa shape index (κ3) is 10.7. The molecule has 566 valence electrons. The summed E-state index contributed by atoms with van der Waals surface area (Å²) < 4.78 is 0. The van der Waals surface area contributed by atoms with Crippen molar-refractivity contribution in [3.63, 3.8) is 0 Å². The first-order chi connectivity index (χ1) is 60.4. The minimum Gasteiger partial charge on any atom is -0.247 e. The predicted octanol–water partition coefficient (Wildman–Crippen LogP) is 29.1. The van der Waals surface area contributed by atoms with Crippen LogP contribution in [0.15, 0.2) is 432 Å². The topological polar surface area (TPSA) is 77.3 Å². The Bertz CT molecular complexity index is 8050. The van der Waals surface area contributed by atoms with Gasteiger partial charge in [0.15, 0.2) is 5.82 Å². The Balaban J connectivity index is 0.000000134. The van der Waals surface area contributed by atoms with Crippen molar-refractivity contribution in [3.05, 3.63) is 457 Å². The molecule has 26 rings (SSSR count). The summed E-state index contributed by atoms with van der Waals surface area (Å²) in [6, 6.07) is 149. The van der Waals surface area contributed by atoms with Gasteiger partial charge in [-0.2, -0.15) is 0 Å². The van der Waals surface area contributed by atoms with Gasteiger partial charge in [0.05, 0.1) is 66.9 Å². The van der Waals surface area contributed by atoms with Gasteiger partial charge in [-0.3, -0.25) is 0 Å². The monoisotopic (exact) mass is 1580 g/mol. The zero-order valence-corrected chi connectivity index (χ0v) is 67.4. The van der Waals surface area contributed by atoms with Crippen LogP contribution in [0.5, 0.6) is 0 Å². The fourth-order valence-corrected chi connectivity index (χ4v) is 22.6. The number of benzene rings is 17. The Labute approximate surface area is 712 Å². The third-order valence-electron chi connectivity index (χ3n) is 25.6. The molecule has 0 bridgehead atoms. The maximum absolute atomic E-state index is 5.53. The molecule has 0 radical (unpaired) electrons. The van der Waals surface area contributed by atoms with E-state index in [-0.39, 0.29) is 0 Å². The van der Waals surface area contributed by atoms with Gasteiger partial charge in [-0.15, -0.1) is 0 Å². The van der Waals surface area contributed by atoms with Gasteiger partial charge >= 0.3 is 0 Å². The maximum atomic E-state index is 5.53. The summed E-state index contributed by atoms with van der Waals surface area (Å²) in [5, 5.41) is 10.1. The maximum Gasteiger partial charge on any atom is 0.160 e. The minimum atomic E-state index is -0.465. The number of nitrogens with zero attached hydrogens (tertiary/aromatic N) is 6. The lowest BCUT2D eigenvalue weighted by atomic mass is 9.67. The molecule has 17 aromatic carbocycles. The number of fused-ring (bicyclic) bond motifs is 28. The van der Waals surface area contributed by atoms with E-state index < -0.39 is 10.8 Å². The average molecular weight is 1590 g/mol. The lowest BCUT2D eigenvalue weighted by Crippen LogP contribution is -2.32. The number of aromatic nitrogens is 6. The standard InChI is InChI=1S/C58H35N3S.C56H33N3S/c1-3-15-37(16-4-1)56-46-35-54-50(58(49-24-12-14-26-53(49)62-54)47-22-10-7-19-41(47)42-20-8-11-23-48(42)58)34-45(46)43-32-31-40(33-52(43)59-56)36-27-29-38(30-28-36)55-44-21-9-13-25-51(44)60-57(61-55)39-17-5-2-6-18-39;1-3-13-34(14-4-1)48-29-26-36-23-24-37-27-30-49(58-55(37)54(36)57-48)38-25-28-41-42-32-47-52(33-43(42)53(59-50(41)31-38)35-15-5-2-6-16-35)60-51-22-12-11-21-46(51)56(47)44-19-9-7-17-39(44)40-18-8-10-20-45(40)56/h1-35H;1-33H. The van der Waals surface area contributed by atoms with E-state index in [1.54, 1.807) is 0 Å². The zero-order chi connectivity index (χ0) is 80.1. The van der Waals surface area contributed by atoms with Crippen molar-refractivity contribution in [2.45, 2.75) is 30.4 Å². The summed E-state index contributed by atoms with van der Waals surface area (Å²) in [5.74, 6) is 0.724. The van der Waals surface area contributed by atoms with Crippen molar-refractivity contribution < 1.29 is 0 Å². The highest BCUT2D eigenvalue weighted by Gasteiger charge is 2.52. The molecule has 0 N–H and O–H groups in total. The first kappa shape index (κ1) is 70.0. The molecular formula is C114H68N6S2. The van der Waals surface area contributed by atoms with Crippen LogP contribution in [0.3, 0.4) is 0 Å². The van der Waals surface area contributed by atoms with Crippen molar-refractivity contribution in [2.75, 3.05) is 0 Å². The van der Waals surface area contributed by atoms with E-state index in [0.717, 1.165) is 144 Å². The lowest BCUT2D eigenvalue weighted by molar-refractivity contribution is 0.724. The van der Waals surface area contributed by atoms with Crippen molar-refractivity contribution in [1.29, 1.82) is 0 Å². The van der Waals surface area contributed by atoms with Crippen LogP contribution in [0.2, 0.25) is 0 Å². The molecular weight excluding hydrogens is 1520 g/mol. The number of pyridine rings is 4. The molecule has 0 amide bonds. The number of hydrogen-bond acceptors (Lipinski definition) is 8. The minimum absolute atomic E-state index is 0.459. The van der Waals surface area contributed by atoms with Crippen molar-refractivity contribution in [3.8, 4) is 101 Å². The Hall–Kier alpha value is -15.1. The number of para-hydroxylation sites is 1. The number of hydrogen-bond donors (Lipinski definition) is 0. The molecule has 0 saturated carbocycles. The summed E-state index contributed by atoms with van der Waals surface area (Å²) >= 11 is 3.76. The van der Waals surface area contributed by atoms with Crippen molar-refractivity contribution in [2.24, 2.45) is 0 Å². The molecule has 2 aliphatic carbocycles. The van der Waals surface area contributed by atoms with Crippen molar-refractivity contribution >= 4 is 99.6 Å². The first-order valence-electron chi connectivity index (χ1n) is 41.5. The van der Waals surface area contributed by atoms with Gasteiger partial charge in [-0.25, -0.2) is 29.9 Å². The van der Waals surface area contributed by atoms with Crippen LogP contribution in [0.25, 0.3) is 177 Å². The molecule has 0 atom stereocenters. The highest BCUT2D eigenvalue weighted by atomic mass is 32.2. The van der Waals surface area contributed by atoms with Gasteiger partial charge < -0.3 is 0 Å². The fraction of sp³-hybridized carbons (Fsp3) is 0.0175. The molecule has 0 saturated heterocycles. The van der Waals surface area contributed by atoms with E-state index in [9.17, 15) is 0 Å². The summed E-state index contributed by atoms with van der Waals surface area (Å²) in [5.41, 5.74) is 32.9. The quantitative estimate of drug-likeness (QED) is 0.146. The molecule has 0 fully saturated rings. The second-order valence-electron chi connectivity index (χ2n) is 32.1. The van der Waals surface area contributed by atoms with E-state index in [0.29, 0.717) is 0 Å². The van der Waals surface area contributed by atoms with E-state index in [1.807, 2.05) is 53.9 Å². The second kappa shape index (κ2) is 27.8. The Kier molecular flexibility index (Phi) is 15.9. The smallest absolute Gasteiger partial charge is 0.160 e. The third-order valence-corrected chi connectivity index (χ3v) is 27.9. The predicted molar refractivity (Wildman–Crippen MR) is 503 cm³/mol. The van der Waals surface area contributed by atoms with Crippen LogP contribution in [0, 0.1) is 0 Å². The Morgan fingerprint density at radius 2 is 0.541 bits per heavy atom. The highest BCUT2D eigenvalue weighted by molar-refractivity contribution is 7.99. The average Bonchev–Trinajstić information content (AvgIpc) is 1.46. The summed E-state index contributed by atoms with van der Waals surface area (Å²) in [6.45, 7) is 0. The number of rotatable bonds is 7. The summed E-state index contributed by atoms with van der Waals surface area (Å²) in [4.78, 5) is 36.7. The van der Waals surface area contributed by atoms with Gasteiger partial charge in [0.2, 0.25) is 0 Å². The van der Waals surface area contributed by atoms with Crippen LogP contribution < -0.4 is 0 Å². The summed E-state index contributed by atoms with van der Waals surface area (Å²) in [7, 11) is 0. The van der Waals surface area contributed by atoms with Crippen LogP contribution in [-0.4, -0.2) is 29.9 Å². The zero-order valence-electron chi connectivity index (χ0n) is 65.8. The molecule has 22 aromatic rings. The van der Waals surface area contributed by atoms with Gasteiger partial charge in [0.25, 0.3) is 0 Å². The fourth-order valence-electron chi connectivity index (χ4n) is 20.2. The Morgan fingerprint density at radius 1 is 0.180 bits per heavy atom. The van der Waals surface area contributed by atoms with E-state index in [2.05, 4.69) is 382 Å². The van der Waals surface area contributed by atoms with Gasteiger partial charge in [0.1, 0.15) is 0 Å². The molecule has 5 aromatic heterocycles. The summed E-state index contributed by atoms with van der Waals surface area (Å²) in [6.07, 6.45) is 0. The molecule has 0 unspecified atom stereocenters. The van der Waals surface area contributed by atoms with Crippen molar-refractivity contribution in [1.82, 2.24) is 29.9 Å². The van der Waals surface area contributed by atoms with Crippen LogP contribution in [0.1, 0.15) is 44.5 Å². The van der Waals surface area contributed by atoms with E-state index >= 15 is 0 Å².